The van der Waals surface area contributed by atoms with Gasteiger partial charge in [0.15, 0.2) is 0 Å². The third kappa shape index (κ3) is 5.40. The molecule has 0 fully saturated rings. The lowest BCUT2D eigenvalue weighted by molar-refractivity contribution is -0.116. The van der Waals surface area contributed by atoms with Crippen molar-refractivity contribution < 1.29 is 14.3 Å². The van der Waals surface area contributed by atoms with Crippen LogP contribution in [0.4, 0.5) is 11.4 Å². The van der Waals surface area contributed by atoms with Gasteiger partial charge in [-0.1, -0.05) is 30.3 Å². The molecule has 2 N–H and O–H groups in total. The number of carbonyl (C=O) groups excluding carboxylic acids is 2. The summed E-state index contributed by atoms with van der Waals surface area (Å²) in [4.78, 5) is 28.3. The fraction of sp³-hybridized carbons (Fsp3) is 0.190. The Bertz CT molecular complexity index is 970. The Hall–Kier alpha value is -3.19. The van der Waals surface area contributed by atoms with E-state index in [9.17, 15) is 9.59 Å². The van der Waals surface area contributed by atoms with E-state index in [1.54, 1.807) is 29.5 Å². The molecule has 7 heteroatoms. The molecule has 144 valence electrons. The predicted molar refractivity (Wildman–Crippen MR) is 111 cm³/mol. The van der Waals surface area contributed by atoms with Crippen molar-refractivity contribution in [1.82, 2.24) is 4.98 Å². The Morgan fingerprint density at radius 2 is 1.89 bits per heavy atom. The van der Waals surface area contributed by atoms with Crippen LogP contribution in [0.25, 0.3) is 0 Å². The Kier molecular flexibility index (Phi) is 6.39. The Balaban J connectivity index is 1.62. The molecule has 2 amide bonds. The molecule has 0 saturated heterocycles. The predicted octanol–water partition coefficient (Wildman–Crippen LogP) is 3.88. The largest absolute Gasteiger partial charge is 0.495 e. The van der Waals surface area contributed by atoms with Crippen LogP contribution in [0.3, 0.4) is 0 Å². The van der Waals surface area contributed by atoms with Crippen LogP contribution in [0.1, 0.15) is 23.2 Å². The number of amides is 2. The van der Waals surface area contributed by atoms with E-state index < -0.39 is 0 Å². The molecule has 6 nitrogen and oxygen atoms in total. The van der Waals surface area contributed by atoms with Gasteiger partial charge in [-0.25, -0.2) is 4.98 Å². The molecule has 2 aromatic carbocycles. The highest BCUT2D eigenvalue weighted by Gasteiger charge is 2.11. The van der Waals surface area contributed by atoms with E-state index in [2.05, 4.69) is 27.8 Å². The lowest BCUT2D eigenvalue weighted by atomic mass is 10.2. The van der Waals surface area contributed by atoms with Gasteiger partial charge < -0.3 is 15.4 Å². The summed E-state index contributed by atoms with van der Waals surface area (Å²) in [6, 6.07) is 15.2. The molecular weight excluding hydrogens is 374 g/mol. The summed E-state index contributed by atoms with van der Waals surface area (Å²) in [5.41, 5.74) is 3.02. The standard InChI is InChI=1S/C21H21N3O3S/c1-14(25)22-18-11-16(8-9-19(18)27-2)23-20(26)12-17-13-28-21(24-17)10-15-6-4-3-5-7-15/h3-9,11,13H,10,12H2,1-2H3,(H,22,25)(H,23,26). The van der Waals surface area contributed by atoms with Crippen LogP contribution in [0.5, 0.6) is 5.75 Å². The topological polar surface area (TPSA) is 80.3 Å². The van der Waals surface area contributed by atoms with Gasteiger partial charge in [0.05, 0.1) is 29.9 Å². The Morgan fingerprint density at radius 1 is 1.11 bits per heavy atom. The van der Waals surface area contributed by atoms with Crippen molar-refractivity contribution in [2.45, 2.75) is 19.8 Å². The highest BCUT2D eigenvalue weighted by atomic mass is 32.1. The molecule has 0 radical (unpaired) electrons. The summed E-state index contributed by atoms with van der Waals surface area (Å²) >= 11 is 1.55. The van der Waals surface area contributed by atoms with Crippen molar-refractivity contribution in [1.29, 1.82) is 0 Å². The van der Waals surface area contributed by atoms with Gasteiger partial charge in [0.1, 0.15) is 5.75 Å². The maximum atomic E-state index is 12.4. The molecule has 0 atom stereocenters. The van der Waals surface area contributed by atoms with Crippen molar-refractivity contribution in [2.24, 2.45) is 0 Å². The minimum absolute atomic E-state index is 0.171. The van der Waals surface area contributed by atoms with Crippen molar-refractivity contribution in [3.63, 3.8) is 0 Å². The molecule has 0 aliphatic carbocycles. The smallest absolute Gasteiger partial charge is 0.230 e. The van der Waals surface area contributed by atoms with Crippen LogP contribution >= 0.6 is 11.3 Å². The van der Waals surface area contributed by atoms with Gasteiger partial charge in [0.2, 0.25) is 11.8 Å². The molecule has 0 bridgehead atoms. The molecule has 0 aliphatic heterocycles. The van der Waals surface area contributed by atoms with E-state index in [1.165, 1.54) is 19.6 Å². The summed E-state index contributed by atoms with van der Waals surface area (Å²) in [7, 11) is 1.52. The molecule has 0 unspecified atom stereocenters. The highest BCUT2D eigenvalue weighted by Crippen LogP contribution is 2.28. The number of benzene rings is 2. The van der Waals surface area contributed by atoms with Crippen LogP contribution < -0.4 is 15.4 Å². The zero-order valence-corrected chi connectivity index (χ0v) is 16.5. The molecule has 0 aliphatic rings. The van der Waals surface area contributed by atoms with Crippen LogP contribution in [0.2, 0.25) is 0 Å². The average molecular weight is 395 g/mol. The molecular formula is C21H21N3O3S. The first-order chi connectivity index (χ1) is 13.5. The van der Waals surface area contributed by atoms with Crippen molar-refractivity contribution in [3.05, 3.63) is 70.2 Å². The minimum Gasteiger partial charge on any atom is -0.495 e. The Morgan fingerprint density at radius 3 is 2.61 bits per heavy atom. The number of methoxy groups -OCH3 is 1. The second kappa shape index (κ2) is 9.14. The van der Waals surface area contributed by atoms with Gasteiger partial charge in [0, 0.05) is 24.4 Å². The van der Waals surface area contributed by atoms with Crippen molar-refractivity contribution in [2.75, 3.05) is 17.7 Å². The van der Waals surface area contributed by atoms with Gasteiger partial charge >= 0.3 is 0 Å². The fourth-order valence-corrected chi connectivity index (χ4v) is 3.55. The van der Waals surface area contributed by atoms with Crippen LogP contribution in [-0.2, 0) is 22.4 Å². The number of hydrogen-bond donors (Lipinski definition) is 2. The summed E-state index contributed by atoms with van der Waals surface area (Å²) in [6.07, 6.45) is 0.943. The van der Waals surface area contributed by atoms with Crippen molar-refractivity contribution >= 4 is 34.5 Å². The number of anilines is 2. The van der Waals surface area contributed by atoms with Crippen LogP contribution in [0.15, 0.2) is 53.9 Å². The first-order valence-electron chi connectivity index (χ1n) is 8.76. The zero-order valence-electron chi connectivity index (χ0n) is 15.7. The van der Waals surface area contributed by atoms with Crippen LogP contribution in [-0.4, -0.2) is 23.9 Å². The molecule has 28 heavy (non-hydrogen) atoms. The SMILES string of the molecule is COc1ccc(NC(=O)Cc2csc(Cc3ccccc3)n2)cc1NC(C)=O. The normalized spacial score (nSPS) is 10.4. The minimum atomic E-state index is -0.213. The number of hydrogen-bond acceptors (Lipinski definition) is 5. The lowest BCUT2D eigenvalue weighted by Gasteiger charge is -2.11. The summed E-state index contributed by atoms with van der Waals surface area (Å²) in [5, 5.41) is 8.41. The third-order valence-electron chi connectivity index (χ3n) is 3.93. The number of aromatic nitrogens is 1. The molecule has 3 rings (SSSR count). The zero-order chi connectivity index (χ0) is 19.9. The van der Waals surface area contributed by atoms with Crippen LogP contribution in [0, 0.1) is 0 Å². The maximum Gasteiger partial charge on any atom is 0.230 e. The highest BCUT2D eigenvalue weighted by molar-refractivity contribution is 7.09. The van der Waals surface area contributed by atoms with Gasteiger partial charge in [-0.05, 0) is 23.8 Å². The Labute approximate surface area is 167 Å². The van der Waals surface area contributed by atoms with Gasteiger partial charge in [-0.15, -0.1) is 11.3 Å². The molecule has 0 spiro atoms. The van der Waals surface area contributed by atoms with E-state index in [-0.39, 0.29) is 18.2 Å². The summed E-state index contributed by atoms with van der Waals surface area (Å²) in [5.74, 6) is 0.143. The second-order valence-corrected chi connectivity index (χ2v) is 7.16. The number of carbonyl (C=O) groups is 2. The molecule has 1 heterocycles. The average Bonchev–Trinajstić information content (AvgIpc) is 3.09. The van der Waals surface area contributed by atoms with E-state index in [1.807, 2.05) is 23.6 Å². The van der Waals surface area contributed by atoms with Gasteiger partial charge in [0.25, 0.3) is 0 Å². The number of nitrogens with zero attached hydrogens (tertiary/aromatic N) is 1. The second-order valence-electron chi connectivity index (χ2n) is 6.22. The maximum absolute atomic E-state index is 12.4. The quantitative estimate of drug-likeness (QED) is 0.636. The first-order valence-corrected chi connectivity index (χ1v) is 9.64. The van der Waals surface area contributed by atoms with E-state index in [0.717, 1.165) is 17.1 Å². The van der Waals surface area contributed by atoms with Gasteiger partial charge in [-0.3, -0.25) is 9.59 Å². The number of thiazole rings is 1. The van der Waals surface area contributed by atoms with Crippen molar-refractivity contribution in [3.8, 4) is 5.75 Å². The molecule has 1 aromatic heterocycles. The fourth-order valence-electron chi connectivity index (χ4n) is 2.72. The summed E-state index contributed by atoms with van der Waals surface area (Å²) in [6.45, 7) is 1.42. The monoisotopic (exact) mass is 395 g/mol. The number of rotatable bonds is 7. The van der Waals surface area contributed by atoms with E-state index in [4.69, 9.17) is 4.74 Å². The lowest BCUT2D eigenvalue weighted by Crippen LogP contribution is -2.15. The number of nitrogens with one attached hydrogen (secondary N) is 2. The first kappa shape index (κ1) is 19.6. The summed E-state index contributed by atoms with van der Waals surface area (Å²) < 4.78 is 5.22. The molecule has 0 saturated carbocycles. The van der Waals surface area contributed by atoms with Gasteiger partial charge in [-0.2, -0.15) is 0 Å². The molecule has 3 aromatic rings. The van der Waals surface area contributed by atoms with E-state index >= 15 is 0 Å². The number of ether oxygens (including phenoxy) is 1. The van der Waals surface area contributed by atoms with E-state index in [0.29, 0.717) is 17.1 Å². The third-order valence-corrected chi connectivity index (χ3v) is 4.83.